The Kier molecular flexibility index (Phi) is 1.85. The minimum atomic E-state index is 0.195. The van der Waals surface area contributed by atoms with Crippen molar-refractivity contribution < 1.29 is 5.11 Å². The van der Waals surface area contributed by atoms with Crippen LogP contribution in [0.2, 0.25) is 0 Å². The first-order valence-electron chi connectivity index (χ1n) is 4.14. The highest BCUT2D eigenvalue weighted by molar-refractivity contribution is 5.62. The van der Waals surface area contributed by atoms with Crippen molar-refractivity contribution in [3.63, 3.8) is 0 Å². The molecule has 2 aromatic rings. The van der Waals surface area contributed by atoms with Crippen molar-refractivity contribution in [2.75, 3.05) is 5.73 Å². The van der Waals surface area contributed by atoms with Gasteiger partial charge in [0, 0.05) is 5.56 Å². The number of anilines is 1. The SMILES string of the molecule is Cc1ccc(O)cc1-c1nc(N)n[nH]1. The van der Waals surface area contributed by atoms with Crippen LogP contribution in [0, 0.1) is 6.92 Å². The van der Waals surface area contributed by atoms with Gasteiger partial charge in [0.05, 0.1) is 0 Å². The number of benzene rings is 1. The first-order chi connectivity index (χ1) is 6.66. The highest BCUT2D eigenvalue weighted by Crippen LogP contribution is 2.24. The second-order valence-electron chi connectivity index (χ2n) is 3.04. The number of phenols is 1. The summed E-state index contributed by atoms with van der Waals surface area (Å²) in [7, 11) is 0. The smallest absolute Gasteiger partial charge is 0.239 e. The normalized spacial score (nSPS) is 10.4. The van der Waals surface area contributed by atoms with Gasteiger partial charge in [-0.25, -0.2) is 0 Å². The van der Waals surface area contributed by atoms with Gasteiger partial charge in [-0.3, -0.25) is 5.10 Å². The number of aromatic hydroxyl groups is 1. The number of H-pyrrole nitrogens is 1. The number of nitrogens with one attached hydrogen (secondary N) is 1. The third kappa shape index (κ3) is 1.39. The molecule has 72 valence electrons. The van der Waals surface area contributed by atoms with Crippen LogP contribution >= 0.6 is 0 Å². The Morgan fingerprint density at radius 3 is 2.86 bits per heavy atom. The minimum absolute atomic E-state index is 0.195. The quantitative estimate of drug-likeness (QED) is 0.627. The number of aromatic nitrogens is 3. The number of rotatable bonds is 1. The fraction of sp³-hybridized carbons (Fsp3) is 0.111. The molecule has 0 aliphatic carbocycles. The predicted octanol–water partition coefficient (Wildman–Crippen LogP) is 1.07. The lowest BCUT2D eigenvalue weighted by Crippen LogP contribution is -1.87. The highest BCUT2D eigenvalue weighted by atomic mass is 16.3. The Labute approximate surface area is 80.6 Å². The molecule has 0 aliphatic heterocycles. The van der Waals surface area contributed by atoms with Gasteiger partial charge in [-0.2, -0.15) is 4.98 Å². The number of aromatic amines is 1. The summed E-state index contributed by atoms with van der Waals surface area (Å²) in [5.74, 6) is 0.958. The predicted molar refractivity (Wildman–Crippen MR) is 52.6 cm³/mol. The average Bonchev–Trinajstić information content (AvgIpc) is 2.56. The molecule has 0 unspecified atom stereocenters. The maximum absolute atomic E-state index is 9.31. The number of phenolic OH excluding ortho intramolecular Hbond substituents is 1. The van der Waals surface area contributed by atoms with Gasteiger partial charge in [-0.1, -0.05) is 6.07 Å². The second kappa shape index (κ2) is 3.02. The molecular weight excluding hydrogens is 180 g/mol. The largest absolute Gasteiger partial charge is 0.508 e. The maximum atomic E-state index is 9.31. The van der Waals surface area contributed by atoms with Crippen LogP contribution in [0.3, 0.4) is 0 Å². The van der Waals surface area contributed by atoms with Crippen molar-refractivity contribution in [3.05, 3.63) is 23.8 Å². The topological polar surface area (TPSA) is 87.8 Å². The molecule has 1 heterocycles. The molecule has 14 heavy (non-hydrogen) atoms. The average molecular weight is 190 g/mol. The van der Waals surface area contributed by atoms with Crippen molar-refractivity contribution in [3.8, 4) is 17.1 Å². The van der Waals surface area contributed by atoms with Crippen molar-refractivity contribution in [2.24, 2.45) is 0 Å². The number of hydrogen-bond donors (Lipinski definition) is 3. The maximum Gasteiger partial charge on any atom is 0.239 e. The summed E-state index contributed by atoms with van der Waals surface area (Å²) in [5, 5.41) is 15.7. The van der Waals surface area contributed by atoms with Crippen LogP contribution in [0.4, 0.5) is 5.95 Å². The second-order valence-corrected chi connectivity index (χ2v) is 3.04. The number of nitrogens with zero attached hydrogens (tertiary/aromatic N) is 2. The van der Waals surface area contributed by atoms with E-state index in [-0.39, 0.29) is 11.7 Å². The van der Waals surface area contributed by atoms with Crippen LogP contribution < -0.4 is 5.73 Å². The molecule has 5 heteroatoms. The number of nitrogen functional groups attached to an aromatic ring is 1. The number of aryl methyl sites for hydroxylation is 1. The summed E-state index contributed by atoms with van der Waals surface area (Å²) in [6.45, 7) is 1.92. The Morgan fingerprint density at radius 2 is 2.21 bits per heavy atom. The van der Waals surface area contributed by atoms with Gasteiger partial charge in [0.25, 0.3) is 0 Å². The van der Waals surface area contributed by atoms with E-state index in [2.05, 4.69) is 15.2 Å². The number of nitrogens with two attached hydrogens (primary N) is 1. The van der Waals surface area contributed by atoms with E-state index < -0.39 is 0 Å². The van der Waals surface area contributed by atoms with E-state index in [1.54, 1.807) is 12.1 Å². The van der Waals surface area contributed by atoms with E-state index in [0.717, 1.165) is 11.1 Å². The summed E-state index contributed by atoms with van der Waals surface area (Å²) in [6, 6.07) is 5.05. The highest BCUT2D eigenvalue weighted by Gasteiger charge is 2.06. The van der Waals surface area contributed by atoms with Crippen molar-refractivity contribution in [2.45, 2.75) is 6.92 Å². The molecule has 0 aliphatic rings. The zero-order valence-electron chi connectivity index (χ0n) is 7.65. The van der Waals surface area contributed by atoms with Gasteiger partial charge in [0.1, 0.15) is 5.75 Å². The van der Waals surface area contributed by atoms with Gasteiger partial charge in [0.2, 0.25) is 5.95 Å². The Bertz CT molecular complexity index is 464. The van der Waals surface area contributed by atoms with Gasteiger partial charge < -0.3 is 10.8 Å². The number of hydrogen-bond acceptors (Lipinski definition) is 4. The molecule has 2 rings (SSSR count). The van der Waals surface area contributed by atoms with Crippen LogP contribution in [0.5, 0.6) is 5.75 Å². The van der Waals surface area contributed by atoms with Gasteiger partial charge in [-0.15, -0.1) is 5.10 Å². The summed E-state index contributed by atoms with van der Waals surface area (Å²) in [5.41, 5.74) is 7.19. The lowest BCUT2D eigenvalue weighted by atomic mass is 10.1. The molecule has 4 N–H and O–H groups in total. The molecule has 5 nitrogen and oxygen atoms in total. The minimum Gasteiger partial charge on any atom is -0.508 e. The van der Waals surface area contributed by atoms with E-state index in [9.17, 15) is 5.11 Å². The molecule has 0 fully saturated rings. The van der Waals surface area contributed by atoms with E-state index >= 15 is 0 Å². The van der Waals surface area contributed by atoms with Crippen LogP contribution in [0.1, 0.15) is 5.56 Å². The Morgan fingerprint density at radius 1 is 1.43 bits per heavy atom. The molecule has 0 spiro atoms. The third-order valence-electron chi connectivity index (χ3n) is 1.98. The molecule has 0 saturated carbocycles. The molecule has 1 aromatic carbocycles. The molecule has 0 atom stereocenters. The monoisotopic (exact) mass is 190 g/mol. The van der Waals surface area contributed by atoms with Gasteiger partial charge >= 0.3 is 0 Å². The fourth-order valence-corrected chi connectivity index (χ4v) is 1.26. The molecule has 0 radical (unpaired) electrons. The Hall–Kier alpha value is -2.04. The first kappa shape index (κ1) is 8.55. The van der Waals surface area contributed by atoms with Gasteiger partial charge in [-0.05, 0) is 24.6 Å². The summed E-state index contributed by atoms with van der Waals surface area (Å²) in [6.07, 6.45) is 0. The summed E-state index contributed by atoms with van der Waals surface area (Å²) >= 11 is 0. The molecular formula is C9H10N4O. The van der Waals surface area contributed by atoms with Crippen LogP contribution in [-0.4, -0.2) is 20.3 Å². The Balaban J connectivity index is 2.55. The molecule has 0 amide bonds. The lowest BCUT2D eigenvalue weighted by Gasteiger charge is -2.01. The van der Waals surface area contributed by atoms with Crippen LogP contribution in [0.25, 0.3) is 11.4 Å². The van der Waals surface area contributed by atoms with E-state index in [4.69, 9.17) is 5.73 Å². The summed E-state index contributed by atoms with van der Waals surface area (Å²) < 4.78 is 0. The lowest BCUT2D eigenvalue weighted by molar-refractivity contribution is 0.475. The standard InChI is InChI=1S/C9H10N4O/c1-5-2-3-6(14)4-7(5)8-11-9(10)13-12-8/h2-4,14H,1H3,(H3,10,11,12,13). The van der Waals surface area contributed by atoms with Crippen molar-refractivity contribution in [1.29, 1.82) is 0 Å². The third-order valence-corrected chi connectivity index (χ3v) is 1.98. The van der Waals surface area contributed by atoms with Gasteiger partial charge in [0.15, 0.2) is 5.82 Å². The van der Waals surface area contributed by atoms with Crippen molar-refractivity contribution in [1.82, 2.24) is 15.2 Å². The van der Waals surface area contributed by atoms with Crippen LogP contribution in [-0.2, 0) is 0 Å². The van der Waals surface area contributed by atoms with Crippen molar-refractivity contribution >= 4 is 5.95 Å². The van der Waals surface area contributed by atoms with E-state index in [1.165, 1.54) is 0 Å². The van der Waals surface area contributed by atoms with E-state index in [1.807, 2.05) is 13.0 Å². The summed E-state index contributed by atoms with van der Waals surface area (Å²) in [4.78, 5) is 3.98. The molecule has 0 bridgehead atoms. The zero-order valence-corrected chi connectivity index (χ0v) is 7.65. The first-order valence-corrected chi connectivity index (χ1v) is 4.14. The molecule has 0 saturated heterocycles. The fourth-order valence-electron chi connectivity index (χ4n) is 1.26. The van der Waals surface area contributed by atoms with Crippen LogP contribution in [0.15, 0.2) is 18.2 Å². The van der Waals surface area contributed by atoms with E-state index in [0.29, 0.717) is 5.82 Å². The zero-order chi connectivity index (χ0) is 10.1. The molecule has 1 aromatic heterocycles.